The van der Waals surface area contributed by atoms with Crippen molar-refractivity contribution in [3.05, 3.63) is 78.4 Å². The van der Waals surface area contributed by atoms with E-state index < -0.39 is 12.0 Å². The van der Waals surface area contributed by atoms with Gasteiger partial charge in [0.1, 0.15) is 0 Å². The first kappa shape index (κ1) is 15.4. The van der Waals surface area contributed by atoms with Crippen LogP contribution in [0.2, 0.25) is 0 Å². The Hall–Kier alpha value is -3.09. The van der Waals surface area contributed by atoms with Gasteiger partial charge in [0.2, 0.25) is 5.82 Å². The second-order valence-electron chi connectivity index (χ2n) is 5.60. The molecule has 0 spiro atoms. The molecule has 0 unspecified atom stereocenters. The zero-order chi connectivity index (χ0) is 17.4. The molecule has 2 heterocycles. The fourth-order valence-electron chi connectivity index (χ4n) is 2.78. The molecule has 7 heteroatoms. The van der Waals surface area contributed by atoms with Crippen LogP contribution in [0, 0.1) is 0 Å². The van der Waals surface area contributed by atoms with E-state index >= 15 is 0 Å². The monoisotopic (exact) mass is 342 g/mol. The van der Waals surface area contributed by atoms with Crippen molar-refractivity contribution in [3.63, 3.8) is 0 Å². The van der Waals surface area contributed by atoms with Crippen molar-refractivity contribution in [2.75, 3.05) is 0 Å². The van der Waals surface area contributed by atoms with Crippen LogP contribution < -0.4 is 0 Å². The molecule has 0 aliphatic rings. The molecule has 2 aromatic heterocycles. The number of aromatic nitrogens is 4. The Labute approximate surface area is 141 Å². The molecule has 0 bridgehead atoms. The third kappa shape index (κ3) is 2.88. The molecule has 0 radical (unpaired) electrons. The lowest BCUT2D eigenvalue weighted by Gasteiger charge is -2.10. The van der Waals surface area contributed by atoms with Crippen molar-refractivity contribution < 1.29 is 13.2 Å². The van der Waals surface area contributed by atoms with Crippen molar-refractivity contribution in [2.45, 2.75) is 12.7 Å². The van der Waals surface area contributed by atoms with Crippen LogP contribution in [-0.4, -0.2) is 19.3 Å². The molecule has 2 aromatic carbocycles. The van der Waals surface area contributed by atoms with Gasteiger partial charge in [-0.2, -0.15) is 18.3 Å². The first-order valence-electron chi connectivity index (χ1n) is 7.65. The Kier molecular flexibility index (Phi) is 3.56. The van der Waals surface area contributed by atoms with Gasteiger partial charge in [0.15, 0.2) is 0 Å². The maximum atomic E-state index is 13.4. The molecule has 0 atom stereocenters. The Morgan fingerprint density at radius 2 is 1.60 bits per heavy atom. The number of hydrogen-bond donors (Lipinski definition) is 0. The lowest BCUT2D eigenvalue weighted by atomic mass is 10.3. The zero-order valence-electron chi connectivity index (χ0n) is 13.0. The highest BCUT2D eigenvalue weighted by Gasteiger charge is 2.37. The van der Waals surface area contributed by atoms with Gasteiger partial charge < -0.3 is 4.57 Å². The molecule has 4 aromatic rings. The van der Waals surface area contributed by atoms with Gasteiger partial charge in [0, 0.05) is 6.20 Å². The number of rotatable bonds is 3. The van der Waals surface area contributed by atoms with Crippen LogP contribution >= 0.6 is 0 Å². The normalized spacial score (nSPS) is 12.0. The summed E-state index contributed by atoms with van der Waals surface area (Å²) in [6.07, 6.45) is -2.79. The second kappa shape index (κ2) is 5.77. The maximum Gasteiger partial charge on any atom is 0.449 e. The van der Waals surface area contributed by atoms with Crippen LogP contribution in [0.4, 0.5) is 13.2 Å². The van der Waals surface area contributed by atoms with E-state index in [0.29, 0.717) is 16.7 Å². The minimum absolute atomic E-state index is 0.00477. The highest BCUT2D eigenvalue weighted by atomic mass is 19.4. The van der Waals surface area contributed by atoms with Gasteiger partial charge in [-0.3, -0.25) is 0 Å². The van der Waals surface area contributed by atoms with Gasteiger partial charge in [-0.25, -0.2) is 9.67 Å². The summed E-state index contributed by atoms with van der Waals surface area (Å²) in [5.41, 5.74) is 2.12. The first-order valence-corrected chi connectivity index (χ1v) is 7.65. The van der Waals surface area contributed by atoms with E-state index in [0.717, 1.165) is 10.3 Å². The molecule has 0 N–H and O–H groups in total. The van der Waals surface area contributed by atoms with E-state index in [9.17, 15) is 13.2 Å². The smallest absolute Gasteiger partial charge is 0.314 e. The van der Waals surface area contributed by atoms with Crippen molar-refractivity contribution in [1.29, 1.82) is 0 Å². The first-order chi connectivity index (χ1) is 12.0. The highest BCUT2D eigenvalue weighted by Crippen LogP contribution is 2.31. The van der Waals surface area contributed by atoms with Gasteiger partial charge in [-0.15, -0.1) is 0 Å². The third-order valence-corrected chi connectivity index (χ3v) is 3.89. The SMILES string of the molecule is FC(F)(F)c1nc2ccccc2n1Cc1ccn(-c2ccccc2)n1. The Balaban J connectivity index is 1.75. The molecule has 0 saturated heterocycles. The number of fused-ring (bicyclic) bond motifs is 1. The predicted molar refractivity (Wildman–Crippen MR) is 87.4 cm³/mol. The van der Waals surface area contributed by atoms with Crippen LogP contribution in [0.5, 0.6) is 0 Å². The third-order valence-electron chi connectivity index (χ3n) is 3.89. The fourth-order valence-corrected chi connectivity index (χ4v) is 2.78. The summed E-state index contributed by atoms with van der Waals surface area (Å²) in [5, 5.41) is 4.39. The number of benzene rings is 2. The molecule has 0 aliphatic carbocycles. The zero-order valence-corrected chi connectivity index (χ0v) is 13.0. The number of imidazole rings is 1. The minimum Gasteiger partial charge on any atom is -0.314 e. The molecule has 126 valence electrons. The van der Waals surface area contributed by atoms with Crippen molar-refractivity contribution in [3.8, 4) is 5.69 Å². The Morgan fingerprint density at radius 1 is 0.880 bits per heavy atom. The highest BCUT2D eigenvalue weighted by molar-refractivity contribution is 5.76. The summed E-state index contributed by atoms with van der Waals surface area (Å²) in [6, 6.07) is 17.7. The van der Waals surface area contributed by atoms with Crippen LogP contribution in [0.1, 0.15) is 11.5 Å². The molecule has 4 nitrogen and oxygen atoms in total. The lowest BCUT2D eigenvalue weighted by molar-refractivity contribution is -0.146. The summed E-state index contributed by atoms with van der Waals surface area (Å²) in [6.45, 7) is -0.00477. The van der Waals surface area contributed by atoms with E-state index in [2.05, 4.69) is 10.1 Å². The predicted octanol–water partition coefficient (Wildman–Crippen LogP) is 4.29. The van der Waals surface area contributed by atoms with Gasteiger partial charge in [0.25, 0.3) is 0 Å². The molecule has 0 fully saturated rings. The van der Waals surface area contributed by atoms with Crippen molar-refractivity contribution >= 4 is 11.0 Å². The molecule has 0 saturated carbocycles. The van der Waals surface area contributed by atoms with E-state index in [1.54, 1.807) is 41.2 Å². The molecular formula is C18H13F3N4. The number of hydrogen-bond acceptors (Lipinski definition) is 2. The molecule has 25 heavy (non-hydrogen) atoms. The van der Waals surface area contributed by atoms with Crippen molar-refractivity contribution in [2.24, 2.45) is 0 Å². The van der Waals surface area contributed by atoms with Crippen molar-refractivity contribution in [1.82, 2.24) is 19.3 Å². The summed E-state index contributed by atoms with van der Waals surface area (Å²) >= 11 is 0. The standard InChI is InChI=1S/C18H13F3N4/c19-18(20,21)17-22-15-8-4-5-9-16(15)24(17)12-13-10-11-25(23-13)14-6-2-1-3-7-14/h1-11H,12H2. The molecule has 0 aliphatic heterocycles. The van der Waals surface area contributed by atoms with Crippen LogP contribution in [0.25, 0.3) is 16.7 Å². The van der Waals surface area contributed by atoms with E-state index in [-0.39, 0.29) is 6.54 Å². The Bertz CT molecular complexity index is 1020. The maximum absolute atomic E-state index is 13.4. The Morgan fingerprint density at radius 3 is 2.36 bits per heavy atom. The lowest BCUT2D eigenvalue weighted by Crippen LogP contribution is -2.16. The average Bonchev–Trinajstić information content (AvgIpc) is 3.21. The van der Waals surface area contributed by atoms with Crippen LogP contribution in [0.3, 0.4) is 0 Å². The van der Waals surface area contributed by atoms with Crippen LogP contribution in [-0.2, 0) is 12.7 Å². The summed E-state index contributed by atoms with van der Waals surface area (Å²) in [5.74, 6) is -0.914. The number of nitrogens with zero attached hydrogens (tertiary/aromatic N) is 4. The average molecular weight is 342 g/mol. The van der Waals surface area contributed by atoms with E-state index in [1.807, 2.05) is 30.3 Å². The van der Waals surface area contributed by atoms with Crippen LogP contribution in [0.15, 0.2) is 66.9 Å². The molecular weight excluding hydrogens is 329 g/mol. The van der Waals surface area contributed by atoms with Gasteiger partial charge in [-0.05, 0) is 30.3 Å². The molecule has 4 rings (SSSR count). The number of halogens is 3. The quantitative estimate of drug-likeness (QED) is 0.557. The van der Waals surface area contributed by atoms with Gasteiger partial charge in [-0.1, -0.05) is 30.3 Å². The number of alkyl halides is 3. The topological polar surface area (TPSA) is 35.6 Å². The van der Waals surface area contributed by atoms with Gasteiger partial charge >= 0.3 is 6.18 Å². The second-order valence-corrected chi connectivity index (χ2v) is 5.60. The fraction of sp³-hybridized carbons (Fsp3) is 0.111. The largest absolute Gasteiger partial charge is 0.449 e. The summed E-state index contributed by atoms with van der Waals surface area (Å²) in [7, 11) is 0. The van der Waals surface area contributed by atoms with E-state index in [1.165, 1.54) is 0 Å². The number of para-hydroxylation sites is 3. The summed E-state index contributed by atoms with van der Waals surface area (Å²) < 4.78 is 42.9. The van der Waals surface area contributed by atoms with E-state index in [4.69, 9.17) is 0 Å². The van der Waals surface area contributed by atoms with Gasteiger partial charge in [0.05, 0.1) is 29.0 Å². The molecule has 0 amide bonds. The minimum atomic E-state index is -4.53. The summed E-state index contributed by atoms with van der Waals surface area (Å²) in [4.78, 5) is 3.75.